The first-order valence-electron chi connectivity index (χ1n) is 5.26. The van der Waals surface area contributed by atoms with Crippen LogP contribution in [0.3, 0.4) is 0 Å². The van der Waals surface area contributed by atoms with E-state index in [4.69, 9.17) is 21.8 Å². The van der Waals surface area contributed by atoms with E-state index in [0.29, 0.717) is 6.42 Å². The van der Waals surface area contributed by atoms with Gasteiger partial charge < -0.3 is 23.5 Å². The van der Waals surface area contributed by atoms with Crippen LogP contribution in [0.1, 0.15) is 13.3 Å². The van der Waals surface area contributed by atoms with Crippen molar-refractivity contribution in [1.82, 2.24) is 0 Å². The highest BCUT2D eigenvalue weighted by Gasteiger charge is 2.42. The van der Waals surface area contributed by atoms with Crippen LogP contribution in [0, 0.1) is 5.92 Å². The SMILES string of the molecule is [B][C@@H]1O[C@H](COC)C(OP(C)(=O)[O-])[C@@H]1CC. The monoisotopic (exact) mass is 247 g/mol. The van der Waals surface area contributed by atoms with Gasteiger partial charge in [0.1, 0.15) is 21.5 Å². The molecule has 0 amide bonds. The molecule has 1 rings (SSSR count). The Hall–Kier alpha value is 0.135. The van der Waals surface area contributed by atoms with Gasteiger partial charge in [0.15, 0.2) is 0 Å². The molecule has 92 valence electrons. The second kappa shape index (κ2) is 5.65. The summed E-state index contributed by atoms with van der Waals surface area (Å²) in [6.07, 6.45) is -0.271. The quantitative estimate of drug-likeness (QED) is 0.509. The lowest BCUT2D eigenvalue weighted by Gasteiger charge is -2.29. The summed E-state index contributed by atoms with van der Waals surface area (Å²) in [4.78, 5) is 11.2. The molecule has 1 saturated heterocycles. The zero-order chi connectivity index (χ0) is 12.3. The maximum absolute atomic E-state index is 11.2. The van der Waals surface area contributed by atoms with Crippen LogP contribution in [0.15, 0.2) is 0 Å². The van der Waals surface area contributed by atoms with E-state index >= 15 is 0 Å². The fourth-order valence-corrected chi connectivity index (χ4v) is 2.71. The van der Waals surface area contributed by atoms with Crippen molar-refractivity contribution in [2.75, 3.05) is 20.4 Å². The van der Waals surface area contributed by atoms with Gasteiger partial charge in [0.05, 0.1) is 12.7 Å². The Kier molecular flexibility index (Phi) is 5.01. The van der Waals surface area contributed by atoms with Crippen molar-refractivity contribution in [3.8, 4) is 0 Å². The topological polar surface area (TPSA) is 67.8 Å². The van der Waals surface area contributed by atoms with E-state index in [9.17, 15) is 9.46 Å². The molecule has 7 heteroatoms. The summed E-state index contributed by atoms with van der Waals surface area (Å²) in [5.74, 6) is -0.123. The van der Waals surface area contributed by atoms with Crippen LogP contribution in [-0.4, -0.2) is 46.4 Å². The van der Waals surface area contributed by atoms with Crippen molar-refractivity contribution in [1.29, 1.82) is 0 Å². The third kappa shape index (κ3) is 3.57. The summed E-state index contributed by atoms with van der Waals surface area (Å²) in [5.41, 5.74) is 0. The van der Waals surface area contributed by atoms with Gasteiger partial charge in [0.2, 0.25) is 0 Å². The van der Waals surface area contributed by atoms with Crippen LogP contribution >= 0.6 is 7.60 Å². The molecule has 1 aliphatic rings. The maximum atomic E-state index is 11.2. The van der Waals surface area contributed by atoms with E-state index < -0.39 is 25.8 Å². The molecule has 0 saturated carbocycles. The highest BCUT2D eigenvalue weighted by molar-refractivity contribution is 7.50. The lowest BCUT2D eigenvalue weighted by Crippen LogP contribution is -2.33. The molecule has 5 nitrogen and oxygen atoms in total. The predicted octanol–water partition coefficient (Wildman–Crippen LogP) is 0.121. The summed E-state index contributed by atoms with van der Waals surface area (Å²) in [7, 11) is 3.50. The molecule has 0 N–H and O–H groups in total. The number of ether oxygens (including phenoxy) is 2. The van der Waals surface area contributed by atoms with Crippen LogP contribution < -0.4 is 4.89 Å². The molecular weight excluding hydrogens is 230 g/mol. The van der Waals surface area contributed by atoms with Crippen LogP contribution in [0.25, 0.3) is 0 Å². The van der Waals surface area contributed by atoms with Gasteiger partial charge in [0.25, 0.3) is 0 Å². The van der Waals surface area contributed by atoms with Crippen LogP contribution in [0.4, 0.5) is 0 Å². The molecule has 0 bridgehead atoms. The summed E-state index contributed by atoms with van der Waals surface area (Å²) in [6, 6.07) is -0.498. The van der Waals surface area contributed by atoms with Gasteiger partial charge in [-0.2, -0.15) is 0 Å². The number of methoxy groups -OCH3 is 1. The van der Waals surface area contributed by atoms with Crippen LogP contribution in [0.5, 0.6) is 0 Å². The van der Waals surface area contributed by atoms with Crippen molar-refractivity contribution in [3.05, 3.63) is 0 Å². The largest absolute Gasteiger partial charge is 0.779 e. The zero-order valence-corrected chi connectivity index (χ0v) is 10.7. The smallest absolute Gasteiger partial charge is 0.132 e. The Labute approximate surface area is 97.4 Å². The summed E-state index contributed by atoms with van der Waals surface area (Å²) < 4.78 is 26.6. The van der Waals surface area contributed by atoms with Gasteiger partial charge >= 0.3 is 0 Å². The molecular formula is C9H17BO5P-. The Morgan fingerprint density at radius 1 is 1.56 bits per heavy atom. The molecule has 1 aliphatic heterocycles. The minimum absolute atomic E-state index is 0.123. The average Bonchev–Trinajstić information content (AvgIpc) is 2.41. The third-order valence-corrected chi connectivity index (χ3v) is 3.28. The van der Waals surface area contributed by atoms with Crippen molar-refractivity contribution in [2.24, 2.45) is 5.92 Å². The van der Waals surface area contributed by atoms with E-state index in [1.807, 2.05) is 6.92 Å². The molecule has 0 aromatic heterocycles. The van der Waals surface area contributed by atoms with Crippen molar-refractivity contribution >= 4 is 15.4 Å². The number of hydrogen-bond donors (Lipinski definition) is 0. The average molecular weight is 247 g/mol. The van der Waals surface area contributed by atoms with Crippen molar-refractivity contribution in [2.45, 2.75) is 31.6 Å². The molecule has 2 unspecified atom stereocenters. The molecule has 5 atom stereocenters. The highest BCUT2D eigenvalue weighted by atomic mass is 31.2. The first kappa shape index (κ1) is 14.2. The first-order chi connectivity index (χ1) is 7.39. The van der Waals surface area contributed by atoms with Gasteiger partial charge in [-0.1, -0.05) is 6.92 Å². The first-order valence-corrected chi connectivity index (χ1v) is 7.25. The van der Waals surface area contributed by atoms with E-state index in [2.05, 4.69) is 0 Å². The molecule has 1 heterocycles. The molecule has 0 aliphatic carbocycles. The standard InChI is InChI=1S/C9H18BO5P/c1-4-6-8(15-16(3,11)12)7(5-13-2)14-9(6)10/h6-9H,4-5H2,1-3H3,(H,11,12)/p-1/t6-,7+,8?,9+/m0/s1. The molecule has 0 aromatic rings. The lowest BCUT2D eigenvalue weighted by molar-refractivity contribution is -0.203. The Bertz CT molecular complexity index is 269. The van der Waals surface area contributed by atoms with E-state index in [0.717, 1.165) is 6.66 Å². The van der Waals surface area contributed by atoms with Gasteiger partial charge in [-0.3, -0.25) is 0 Å². The van der Waals surface area contributed by atoms with Crippen molar-refractivity contribution < 1.29 is 23.5 Å². The maximum Gasteiger partial charge on any atom is 0.132 e. The highest BCUT2D eigenvalue weighted by Crippen LogP contribution is 2.41. The van der Waals surface area contributed by atoms with Gasteiger partial charge in [-0.25, -0.2) is 0 Å². The normalized spacial score (nSPS) is 38.5. The zero-order valence-electron chi connectivity index (χ0n) is 9.79. The Morgan fingerprint density at radius 2 is 2.19 bits per heavy atom. The van der Waals surface area contributed by atoms with E-state index in [1.165, 1.54) is 7.11 Å². The summed E-state index contributed by atoms with van der Waals surface area (Å²) in [5, 5.41) is 0. The Balaban J connectivity index is 2.75. The molecule has 16 heavy (non-hydrogen) atoms. The molecule has 0 aromatic carbocycles. The predicted molar refractivity (Wildman–Crippen MR) is 58.5 cm³/mol. The van der Waals surface area contributed by atoms with E-state index in [1.54, 1.807) is 0 Å². The van der Waals surface area contributed by atoms with Crippen LogP contribution in [0.2, 0.25) is 0 Å². The van der Waals surface area contributed by atoms with Crippen molar-refractivity contribution in [3.63, 3.8) is 0 Å². The minimum Gasteiger partial charge on any atom is -0.779 e. The third-order valence-electron chi connectivity index (χ3n) is 2.66. The van der Waals surface area contributed by atoms with Gasteiger partial charge in [0, 0.05) is 25.7 Å². The minimum atomic E-state index is -3.79. The second-order valence-electron chi connectivity index (χ2n) is 4.01. The summed E-state index contributed by atoms with van der Waals surface area (Å²) >= 11 is 0. The fraction of sp³-hybridized carbons (Fsp3) is 1.00. The molecule has 0 spiro atoms. The molecule has 2 radical (unpaired) electrons. The summed E-state index contributed by atoms with van der Waals surface area (Å²) in [6.45, 7) is 3.24. The second-order valence-corrected chi connectivity index (χ2v) is 5.76. The number of hydrogen-bond acceptors (Lipinski definition) is 5. The molecule has 1 fully saturated rings. The van der Waals surface area contributed by atoms with Gasteiger partial charge in [-0.15, -0.1) is 0 Å². The fourth-order valence-electron chi connectivity index (χ4n) is 1.97. The Morgan fingerprint density at radius 3 is 2.62 bits per heavy atom. The van der Waals surface area contributed by atoms with E-state index in [-0.39, 0.29) is 12.5 Å². The lowest BCUT2D eigenvalue weighted by atomic mass is 9.83. The van der Waals surface area contributed by atoms with Crippen LogP contribution in [-0.2, 0) is 18.6 Å². The number of rotatable bonds is 5. The van der Waals surface area contributed by atoms with Gasteiger partial charge in [-0.05, 0) is 6.42 Å².